The van der Waals surface area contributed by atoms with E-state index in [4.69, 9.17) is 0 Å². The maximum absolute atomic E-state index is 13.0. The molecular formula is C18H22FN3OS. The van der Waals surface area contributed by atoms with Gasteiger partial charge >= 0.3 is 0 Å². The highest BCUT2D eigenvalue weighted by Gasteiger charge is 2.26. The van der Waals surface area contributed by atoms with Gasteiger partial charge in [-0.25, -0.2) is 9.37 Å². The van der Waals surface area contributed by atoms with Gasteiger partial charge in [-0.3, -0.25) is 9.69 Å². The van der Waals surface area contributed by atoms with Crippen molar-refractivity contribution < 1.29 is 9.18 Å². The van der Waals surface area contributed by atoms with Gasteiger partial charge in [0.1, 0.15) is 10.8 Å². The Bertz CT molecular complexity index is 651. The number of rotatable bonds is 5. The van der Waals surface area contributed by atoms with Crippen LogP contribution in [0.15, 0.2) is 35.8 Å². The molecule has 0 bridgehead atoms. The van der Waals surface area contributed by atoms with E-state index < -0.39 is 0 Å². The van der Waals surface area contributed by atoms with Gasteiger partial charge in [0.25, 0.3) is 0 Å². The average molecular weight is 347 g/mol. The number of carbonyl (C=O) groups excluding carboxylic acids is 1. The third-order valence-corrected chi connectivity index (χ3v) is 5.29. The summed E-state index contributed by atoms with van der Waals surface area (Å²) in [6, 6.07) is 6.18. The summed E-state index contributed by atoms with van der Waals surface area (Å²) in [5.74, 6) is -0.106. The van der Waals surface area contributed by atoms with Crippen LogP contribution in [0.2, 0.25) is 0 Å². The van der Waals surface area contributed by atoms with E-state index in [0.29, 0.717) is 0 Å². The largest absolute Gasteiger partial charge is 0.349 e. The lowest BCUT2D eigenvalue weighted by Gasteiger charge is -2.31. The summed E-state index contributed by atoms with van der Waals surface area (Å²) in [5.41, 5.74) is 0.922. The number of aromatic nitrogens is 1. The fraction of sp³-hybridized carbons (Fsp3) is 0.444. The Kier molecular flexibility index (Phi) is 5.58. The molecular weight excluding hydrogens is 325 g/mol. The van der Waals surface area contributed by atoms with E-state index >= 15 is 0 Å². The smallest absolute Gasteiger partial charge is 0.223 e. The third-order valence-electron chi connectivity index (χ3n) is 4.53. The van der Waals surface area contributed by atoms with Crippen molar-refractivity contribution in [1.82, 2.24) is 15.2 Å². The van der Waals surface area contributed by atoms with Crippen LogP contribution in [0, 0.1) is 11.7 Å². The Hall–Kier alpha value is -1.79. The molecule has 2 aromatic rings. The lowest BCUT2D eigenvalue weighted by Crippen LogP contribution is -2.40. The molecule has 0 aliphatic carbocycles. The Labute approximate surface area is 145 Å². The number of amides is 1. The molecule has 1 aliphatic heterocycles. The number of nitrogens with zero attached hydrogens (tertiary/aromatic N) is 2. The second-order valence-corrected chi connectivity index (χ2v) is 7.24. The maximum atomic E-state index is 13.0. The number of piperidine rings is 1. The van der Waals surface area contributed by atoms with Gasteiger partial charge in [-0.05, 0) is 50.6 Å². The minimum Gasteiger partial charge on any atom is -0.349 e. The second-order valence-electron chi connectivity index (χ2n) is 6.26. The number of halogens is 1. The summed E-state index contributed by atoms with van der Waals surface area (Å²) in [4.78, 5) is 19.1. The molecule has 1 atom stereocenters. The van der Waals surface area contributed by atoms with Gasteiger partial charge in [0, 0.05) is 17.5 Å². The predicted molar refractivity (Wildman–Crippen MR) is 93.1 cm³/mol. The summed E-state index contributed by atoms with van der Waals surface area (Å²) in [5, 5.41) is 6.18. The molecule has 4 nitrogen and oxygen atoms in total. The Morgan fingerprint density at radius 3 is 2.71 bits per heavy atom. The van der Waals surface area contributed by atoms with E-state index in [1.54, 1.807) is 23.5 Å². The van der Waals surface area contributed by atoms with Crippen molar-refractivity contribution in [3.8, 4) is 0 Å². The van der Waals surface area contributed by atoms with Gasteiger partial charge in [-0.15, -0.1) is 11.3 Å². The standard InChI is InChI=1S/C18H22FN3OS/c1-13(14-2-4-16(19)5-3-14)21-18(23)15-6-9-22(10-7-15)12-17-20-8-11-24-17/h2-5,8,11,13,15H,6-7,9-10,12H2,1H3,(H,21,23). The van der Waals surface area contributed by atoms with Crippen LogP contribution in [0.5, 0.6) is 0 Å². The number of benzene rings is 1. The summed E-state index contributed by atoms with van der Waals surface area (Å²) < 4.78 is 13.0. The summed E-state index contributed by atoms with van der Waals surface area (Å²) in [6.45, 7) is 4.64. The molecule has 24 heavy (non-hydrogen) atoms. The zero-order valence-corrected chi connectivity index (χ0v) is 14.6. The molecule has 1 aliphatic rings. The zero-order chi connectivity index (χ0) is 16.9. The molecule has 0 radical (unpaired) electrons. The van der Waals surface area contributed by atoms with Crippen molar-refractivity contribution in [2.75, 3.05) is 13.1 Å². The summed E-state index contributed by atoms with van der Waals surface area (Å²) >= 11 is 1.67. The minimum absolute atomic E-state index is 0.0560. The van der Waals surface area contributed by atoms with E-state index in [1.165, 1.54) is 12.1 Å². The molecule has 0 saturated carbocycles. The van der Waals surface area contributed by atoms with E-state index in [0.717, 1.165) is 43.0 Å². The molecule has 1 N–H and O–H groups in total. The molecule has 6 heteroatoms. The van der Waals surface area contributed by atoms with Crippen LogP contribution in [-0.2, 0) is 11.3 Å². The Morgan fingerprint density at radius 1 is 1.38 bits per heavy atom. The topological polar surface area (TPSA) is 45.2 Å². The van der Waals surface area contributed by atoms with Crippen molar-refractivity contribution in [1.29, 1.82) is 0 Å². The first kappa shape index (κ1) is 17.0. The number of hydrogen-bond donors (Lipinski definition) is 1. The summed E-state index contributed by atoms with van der Waals surface area (Å²) in [6.07, 6.45) is 3.57. The molecule has 2 heterocycles. The van der Waals surface area contributed by atoms with Crippen molar-refractivity contribution in [3.05, 3.63) is 52.2 Å². The monoisotopic (exact) mass is 347 g/mol. The molecule has 1 aromatic heterocycles. The Balaban J connectivity index is 1.47. The molecule has 1 amide bonds. The van der Waals surface area contributed by atoms with Gasteiger partial charge in [0.15, 0.2) is 0 Å². The van der Waals surface area contributed by atoms with Crippen LogP contribution in [0.25, 0.3) is 0 Å². The van der Waals surface area contributed by atoms with Gasteiger partial charge in [0.2, 0.25) is 5.91 Å². The molecule has 0 spiro atoms. The number of nitrogens with one attached hydrogen (secondary N) is 1. The summed E-state index contributed by atoms with van der Waals surface area (Å²) in [7, 11) is 0. The van der Waals surface area contributed by atoms with Gasteiger partial charge in [-0.1, -0.05) is 12.1 Å². The van der Waals surface area contributed by atoms with Crippen LogP contribution < -0.4 is 5.32 Å². The minimum atomic E-state index is -0.259. The highest BCUT2D eigenvalue weighted by atomic mass is 32.1. The fourth-order valence-electron chi connectivity index (χ4n) is 3.04. The average Bonchev–Trinajstić information content (AvgIpc) is 3.09. The first-order chi connectivity index (χ1) is 11.6. The van der Waals surface area contributed by atoms with Crippen LogP contribution in [-0.4, -0.2) is 28.9 Å². The molecule has 1 saturated heterocycles. The molecule has 1 aromatic carbocycles. The van der Waals surface area contributed by atoms with Crippen molar-refractivity contribution in [3.63, 3.8) is 0 Å². The SMILES string of the molecule is CC(NC(=O)C1CCN(Cc2nccs2)CC1)c1ccc(F)cc1. The van der Waals surface area contributed by atoms with E-state index in [1.807, 2.05) is 18.5 Å². The van der Waals surface area contributed by atoms with Gasteiger partial charge in [0.05, 0.1) is 12.6 Å². The first-order valence-corrected chi connectivity index (χ1v) is 9.16. The van der Waals surface area contributed by atoms with Crippen molar-refractivity contribution in [2.24, 2.45) is 5.92 Å². The van der Waals surface area contributed by atoms with Crippen LogP contribution >= 0.6 is 11.3 Å². The molecule has 3 rings (SSSR count). The highest BCUT2D eigenvalue weighted by Crippen LogP contribution is 2.21. The van der Waals surface area contributed by atoms with Crippen LogP contribution in [0.1, 0.15) is 36.4 Å². The van der Waals surface area contributed by atoms with Crippen LogP contribution in [0.4, 0.5) is 4.39 Å². The van der Waals surface area contributed by atoms with E-state index in [2.05, 4.69) is 15.2 Å². The quantitative estimate of drug-likeness (QED) is 0.902. The lowest BCUT2D eigenvalue weighted by molar-refractivity contribution is -0.127. The number of carbonyl (C=O) groups is 1. The van der Waals surface area contributed by atoms with Crippen molar-refractivity contribution >= 4 is 17.2 Å². The number of likely N-dealkylation sites (tertiary alicyclic amines) is 1. The predicted octanol–water partition coefficient (Wildman–Crippen LogP) is 3.37. The van der Waals surface area contributed by atoms with Gasteiger partial charge < -0.3 is 5.32 Å². The highest BCUT2D eigenvalue weighted by molar-refractivity contribution is 7.09. The Morgan fingerprint density at radius 2 is 2.08 bits per heavy atom. The normalized spacial score (nSPS) is 17.6. The van der Waals surface area contributed by atoms with Crippen LogP contribution in [0.3, 0.4) is 0 Å². The molecule has 128 valence electrons. The molecule has 1 unspecified atom stereocenters. The van der Waals surface area contributed by atoms with Gasteiger partial charge in [-0.2, -0.15) is 0 Å². The second kappa shape index (κ2) is 7.85. The molecule has 1 fully saturated rings. The first-order valence-electron chi connectivity index (χ1n) is 8.28. The lowest BCUT2D eigenvalue weighted by atomic mass is 9.95. The maximum Gasteiger partial charge on any atom is 0.223 e. The van der Waals surface area contributed by atoms with E-state index in [-0.39, 0.29) is 23.7 Å². The van der Waals surface area contributed by atoms with E-state index in [9.17, 15) is 9.18 Å². The zero-order valence-electron chi connectivity index (χ0n) is 13.7. The number of thiazole rings is 1. The fourth-order valence-corrected chi connectivity index (χ4v) is 3.70. The number of hydrogen-bond acceptors (Lipinski definition) is 4. The van der Waals surface area contributed by atoms with Crippen molar-refractivity contribution in [2.45, 2.75) is 32.4 Å². The third kappa shape index (κ3) is 4.39.